The quantitative estimate of drug-likeness (QED) is 0.358. The van der Waals surface area contributed by atoms with Gasteiger partial charge in [-0.2, -0.15) is 0 Å². The van der Waals surface area contributed by atoms with E-state index in [4.69, 9.17) is 4.42 Å². The van der Waals surface area contributed by atoms with Crippen LogP contribution in [-0.4, -0.2) is 10.9 Å². The van der Waals surface area contributed by atoms with Crippen LogP contribution in [0.5, 0.6) is 0 Å². The highest BCUT2D eigenvalue weighted by Gasteiger charge is 2.45. The molecule has 0 aliphatic carbocycles. The number of nitrogens with zero attached hydrogens (tertiary/aromatic N) is 2. The van der Waals surface area contributed by atoms with Crippen LogP contribution in [0.4, 0.5) is 5.13 Å². The third-order valence-electron chi connectivity index (χ3n) is 6.63. The Bertz CT molecular complexity index is 1460. The molecule has 2 aromatic carbocycles. The molecular weight excluding hydrogens is 432 g/mol. The highest BCUT2D eigenvalue weighted by molar-refractivity contribution is 7.15. The van der Waals surface area contributed by atoms with Gasteiger partial charge in [0.05, 0.1) is 22.7 Å². The third-order valence-corrected chi connectivity index (χ3v) is 7.70. The van der Waals surface area contributed by atoms with E-state index in [2.05, 4.69) is 31.0 Å². The Morgan fingerprint density at radius 1 is 1.00 bits per heavy atom. The van der Waals surface area contributed by atoms with Crippen molar-refractivity contribution in [3.63, 3.8) is 0 Å². The summed E-state index contributed by atoms with van der Waals surface area (Å²) in [7, 11) is 0. The average molecular weight is 459 g/mol. The van der Waals surface area contributed by atoms with Crippen molar-refractivity contribution >= 4 is 33.3 Å². The number of amides is 1. The number of rotatable bonds is 3. The second kappa shape index (κ2) is 7.66. The predicted octanol–water partition coefficient (Wildman–Crippen LogP) is 6.36. The summed E-state index contributed by atoms with van der Waals surface area (Å²) >= 11 is 1.46. The molecule has 5 nitrogen and oxygen atoms in total. The predicted molar refractivity (Wildman–Crippen MR) is 133 cm³/mol. The lowest BCUT2D eigenvalue weighted by Gasteiger charge is -2.23. The summed E-state index contributed by atoms with van der Waals surface area (Å²) in [5.74, 6) is 0.172. The highest BCUT2D eigenvalue weighted by Crippen LogP contribution is 2.43. The normalized spacial score (nSPS) is 15.7. The lowest BCUT2D eigenvalue weighted by atomic mass is 9.95. The highest BCUT2D eigenvalue weighted by atomic mass is 32.1. The summed E-state index contributed by atoms with van der Waals surface area (Å²) in [5.41, 5.74) is 5.65. The van der Waals surface area contributed by atoms with E-state index >= 15 is 0 Å². The van der Waals surface area contributed by atoms with Crippen LogP contribution >= 0.6 is 11.3 Å². The Balaban J connectivity index is 1.79. The fourth-order valence-electron chi connectivity index (χ4n) is 4.36. The molecule has 0 spiro atoms. The van der Waals surface area contributed by atoms with Crippen molar-refractivity contribution in [1.82, 2.24) is 4.98 Å². The van der Waals surface area contributed by atoms with Crippen LogP contribution in [0.3, 0.4) is 0 Å². The molecule has 3 heterocycles. The number of aryl methyl sites for hydroxylation is 4. The maximum Gasteiger partial charge on any atom is 0.297 e. The molecule has 1 aliphatic rings. The molecule has 1 amide bonds. The van der Waals surface area contributed by atoms with Gasteiger partial charge in [0.15, 0.2) is 10.6 Å². The zero-order chi connectivity index (χ0) is 23.6. The molecule has 0 saturated carbocycles. The van der Waals surface area contributed by atoms with Crippen LogP contribution in [0.25, 0.3) is 11.0 Å². The van der Waals surface area contributed by atoms with E-state index in [1.165, 1.54) is 16.9 Å². The summed E-state index contributed by atoms with van der Waals surface area (Å²) in [5, 5.41) is 1.08. The monoisotopic (exact) mass is 458 g/mol. The van der Waals surface area contributed by atoms with Gasteiger partial charge in [0.1, 0.15) is 5.58 Å². The van der Waals surface area contributed by atoms with Crippen molar-refractivity contribution in [3.8, 4) is 0 Å². The number of carbonyl (C=O) groups excluding carboxylic acids is 1. The molecule has 5 rings (SSSR count). The molecular formula is C27H26N2O3S. The van der Waals surface area contributed by atoms with Crippen molar-refractivity contribution < 1.29 is 9.21 Å². The van der Waals surface area contributed by atoms with Crippen LogP contribution < -0.4 is 10.3 Å². The molecule has 2 aromatic heterocycles. The van der Waals surface area contributed by atoms with Gasteiger partial charge < -0.3 is 4.42 Å². The number of thiazole rings is 1. The van der Waals surface area contributed by atoms with Crippen LogP contribution in [0.2, 0.25) is 0 Å². The number of aromatic nitrogens is 1. The van der Waals surface area contributed by atoms with Gasteiger partial charge in [-0.15, -0.1) is 11.3 Å². The standard InChI is InChI=1S/C27H26N2O3S/c1-13(2)18-7-9-19(10-8-18)23-22-24(30)20-11-14(3)15(4)12-21(20)32-25(22)26(31)29(23)27-28-16(5)17(6)33-27/h7-13,23H,1-6H3/t23-/m0/s1. The number of fused-ring (bicyclic) bond motifs is 2. The SMILES string of the molecule is Cc1cc2oc3c(c(=O)c2cc1C)[C@H](c1ccc(C(C)C)cc1)N(c1nc(C)c(C)s1)C3=O. The van der Waals surface area contributed by atoms with E-state index in [0.29, 0.717) is 27.6 Å². The molecule has 6 heteroatoms. The first-order valence-electron chi connectivity index (χ1n) is 11.1. The zero-order valence-corrected chi connectivity index (χ0v) is 20.5. The summed E-state index contributed by atoms with van der Waals surface area (Å²) < 4.78 is 6.12. The van der Waals surface area contributed by atoms with Gasteiger partial charge in [-0.05, 0) is 68.0 Å². The first-order chi connectivity index (χ1) is 15.7. The van der Waals surface area contributed by atoms with E-state index < -0.39 is 6.04 Å². The summed E-state index contributed by atoms with van der Waals surface area (Å²) in [6.07, 6.45) is 0. The van der Waals surface area contributed by atoms with Crippen molar-refractivity contribution in [2.24, 2.45) is 0 Å². The summed E-state index contributed by atoms with van der Waals surface area (Å²) in [4.78, 5) is 34.8. The van der Waals surface area contributed by atoms with Gasteiger partial charge in [0.25, 0.3) is 5.91 Å². The number of benzene rings is 2. The molecule has 0 fully saturated rings. The second-order valence-corrected chi connectivity index (χ2v) is 10.3. The number of anilines is 1. The fraction of sp³-hybridized carbons (Fsp3) is 0.296. The van der Waals surface area contributed by atoms with Crippen LogP contribution in [0.15, 0.2) is 45.6 Å². The van der Waals surface area contributed by atoms with Crippen molar-refractivity contribution in [2.45, 2.75) is 53.5 Å². The Kier molecular flexibility index (Phi) is 5.01. The topological polar surface area (TPSA) is 63.4 Å². The zero-order valence-electron chi connectivity index (χ0n) is 19.6. The molecule has 4 aromatic rings. The minimum Gasteiger partial charge on any atom is -0.450 e. The minimum absolute atomic E-state index is 0.110. The minimum atomic E-state index is -0.582. The molecule has 0 radical (unpaired) electrons. The Labute approximate surface area is 196 Å². The Morgan fingerprint density at radius 3 is 2.27 bits per heavy atom. The molecule has 168 valence electrons. The maximum atomic E-state index is 13.8. The molecule has 33 heavy (non-hydrogen) atoms. The van der Waals surface area contributed by atoms with Crippen molar-refractivity contribution in [2.75, 3.05) is 4.90 Å². The van der Waals surface area contributed by atoms with Gasteiger partial charge in [-0.3, -0.25) is 14.5 Å². The fourth-order valence-corrected chi connectivity index (χ4v) is 5.30. The Morgan fingerprint density at radius 2 is 1.67 bits per heavy atom. The number of carbonyl (C=O) groups is 1. The molecule has 0 bridgehead atoms. The van der Waals surface area contributed by atoms with E-state index in [9.17, 15) is 9.59 Å². The van der Waals surface area contributed by atoms with Crippen LogP contribution in [-0.2, 0) is 0 Å². The van der Waals surface area contributed by atoms with Crippen LogP contribution in [0, 0.1) is 27.7 Å². The summed E-state index contributed by atoms with van der Waals surface area (Å²) in [6.45, 7) is 12.1. The molecule has 0 saturated heterocycles. The van der Waals surface area contributed by atoms with E-state index in [0.717, 1.165) is 27.3 Å². The van der Waals surface area contributed by atoms with Gasteiger partial charge in [0.2, 0.25) is 5.76 Å². The maximum absolute atomic E-state index is 13.8. The van der Waals surface area contributed by atoms with Gasteiger partial charge in [0, 0.05) is 4.88 Å². The van der Waals surface area contributed by atoms with Gasteiger partial charge >= 0.3 is 0 Å². The van der Waals surface area contributed by atoms with E-state index in [1.54, 1.807) is 4.90 Å². The largest absolute Gasteiger partial charge is 0.450 e. The second-order valence-electron chi connectivity index (χ2n) is 9.14. The smallest absolute Gasteiger partial charge is 0.297 e. The lowest BCUT2D eigenvalue weighted by Crippen LogP contribution is -2.29. The van der Waals surface area contributed by atoms with E-state index in [-0.39, 0.29) is 17.1 Å². The van der Waals surface area contributed by atoms with Crippen molar-refractivity contribution in [1.29, 1.82) is 0 Å². The first kappa shape index (κ1) is 21.6. The van der Waals surface area contributed by atoms with E-state index in [1.807, 2.05) is 52.0 Å². The Hall–Kier alpha value is -3.25. The van der Waals surface area contributed by atoms with Gasteiger partial charge in [-0.1, -0.05) is 38.1 Å². The average Bonchev–Trinajstić information content (AvgIpc) is 3.26. The number of hydrogen-bond acceptors (Lipinski definition) is 5. The molecule has 0 unspecified atom stereocenters. The third kappa shape index (κ3) is 3.32. The summed E-state index contributed by atoms with van der Waals surface area (Å²) in [6, 6.07) is 11.3. The van der Waals surface area contributed by atoms with Crippen LogP contribution in [0.1, 0.15) is 74.8 Å². The van der Waals surface area contributed by atoms with Crippen molar-refractivity contribution in [3.05, 3.63) is 90.8 Å². The molecule has 0 N–H and O–H groups in total. The molecule has 1 atom stereocenters. The lowest BCUT2D eigenvalue weighted by molar-refractivity contribution is 0.0971. The van der Waals surface area contributed by atoms with Gasteiger partial charge in [-0.25, -0.2) is 4.98 Å². The first-order valence-corrected chi connectivity index (χ1v) is 11.9. The number of hydrogen-bond donors (Lipinski definition) is 0. The molecule has 1 aliphatic heterocycles.